The summed E-state index contributed by atoms with van der Waals surface area (Å²) >= 11 is 0. The zero-order valence-corrected chi connectivity index (χ0v) is 17.7. The van der Waals surface area contributed by atoms with Gasteiger partial charge in [-0.2, -0.15) is 5.10 Å². The molecule has 0 atom stereocenters. The van der Waals surface area contributed by atoms with Gasteiger partial charge < -0.3 is 19.3 Å². The van der Waals surface area contributed by atoms with Gasteiger partial charge in [0.1, 0.15) is 5.75 Å². The van der Waals surface area contributed by atoms with E-state index in [1.54, 1.807) is 12.1 Å². The lowest BCUT2D eigenvalue weighted by molar-refractivity contribution is -0.123. The molecule has 0 heterocycles. The molecule has 2 rings (SSSR count). The summed E-state index contributed by atoms with van der Waals surface area (Å²) in [6, 6.07) is 9.09. The van der Waals surface area contributed by atoms with E-state index >= 15 is 0 Å². The number of rotatable bonds is 7. The van der Waals surface area contributed by atoms with Crippen LogP contribution in [0.1, 0.15) is 37.5 Å². The quantitative estimate of drug-likeness (QED) is 0.548. The van der Waals surface area contributed by atoms with Crippen LogP contribution in [0, 0.1) is 6.92 Å². The highest BCUT2D eigenvalue weighted by molar-refractivity contribution is 5.84. The third-order valence-corrected chi connectivity index (χ3v) is 4.30. The highest BCUT2D eigenvalue weighted by Crippen LogP contribution is 2.36. The van der Waals surface area contributed by atoms with Gasteiger partial charge in [-0.25, -0.2) is 5.43 Å². The Balaban J connectivity index is 1.95. The molecule has 156 valence electrons. The normalized spacial score (nSPS) is 11.4. The third-order valence-electron chi connectivity index (χ3n) is 4.30. The van der Waals surface area contributed by atoms with Crippen LogP contribution in [0.3, 0.4) is 0 Å². The number of nitrogens with zero attached hydrogens (tertiary/aromatic N) is 1. The Kier molecular flexibility index (Phi) is 7.09. The molecule has 0 aliphatic carbocycles. The average Bonchev–Trinajstić information content (AvgIpc) is 2.67. The molecule has 0 bridgehead atoms. The molecule has 0 radical (unpaired) electrons. The van der Waals surface area contributed by atoms with Crippen LogP contribution in [0.4, 0.5) is 0 Å². The number of carbonyl (C=O) groups is 1. The molecule has 7 heteroatoms. The van der Waals surface area contributed by atoms with Crippen molar-refractivity contribution >= 4 is 12.1 Å². The number of aryl methyl sites for hydroxylation is 1. The first-order chi connectivity index (χ1) is 13.7. The molecule has 0 saturated carbocycles. The van der Waals surface area contributed by atoms with Crippen molar-refractivity contribution in [3.8, 4) is 23.0 Å². The number of phenols is 1. The maximum absolute atomic E-state index is 12.0. The van der Waals surface area contributed by atoms with E-state index in [-0.39, 0.29) is 29.3 Å². The fraction of sp³-hybridized carbons (Fsp3) is 0.364. The van der Waals surface area contributed by atoms with Gasteiger partial charge in [-0.1, -0.05) is 32.9 Å². The summed E-state index contributed by atoms with van der Waals surface area (Å²) in [5.74, 6) is 0.658. The minimum atomic E-state index is -0.391. The van der Waals surface area contributed by atoms with Gasteiger partial charge in [-0.3, -0.25) is 4.79 Å². The maximum atomic E-state index is 12.0. The fourth-order valence-electron chi connectivity index (χ4n) is 2.62. The minimum absolute atomic E-state index is 0.0506. The summed E-state index contributed by atoms with van der Waals surface area (Å²) in [6.45, 7) is 8.23. The zero-order chi connectivity index (χ0) is 21.6. The lowest BCUT2D eigenvalue weighted by atomic mass is 9.86. The minimum Gasteiger partial charge on any atom is -0.502 e. The summed E-state index contributed by atoms with van der Waals surface area (Å²) in [4.78, 5) is 12.0. The number of methoxy groups -OCH3 is 2. The van der Waals surface area contributed by atoms with Crippen LogP contribution in [-0.2, 0) is 10.2 Å². The monoisotopic (exact) mass is 400 g/mol. The van der Waals surface area contributed by atoms with Crippen LogP contribution >= 0.6 is 0 Å². The molecule has 0 unspecified atom stereocenters. The molecule has 29 heavy (non-hydrogen) atoms. The van der Waals surface area contributed by atoms with Crippen LogP contribution in [-0.4, -0.2) is 38.1 Å². The summed E-state index contributed by atoms with van der Waals surface area (Å²) in [5.41, 5.74) is 5.22. The molecule has 0 aliphatic rings. The average molecular weight is 400 g/mol. The molecule has 0 fully saturated rings. The molecule has 2 N–H and O–H groups in total. The second kappa shape index (κ2) is 9.32. The number of carbonyl (C=O) groups excluding carboxylic acids is 1. The highest BCUT2D eigenvalue weighted by Gasteiger charge is 2.15. The molecular formula is C22H28N2O5. The molecule has 7 nitrogen and oxygen atoms in total. The topological polar surface area (TPSA) is 89.4 Å². The molecule has 2 aromatic carbocycles. The Morgan fingerprint density at radius 3 is 2.24 bits per heavy atom. The van der Waals surface area contributed by atoms with Crippen molar-refractivity contribution in [2.24, 2.45) is 5.10 Å². The Morgan fingerprint density at radius 1 is 1.10 bits per heavy atom. The lowest BCUT2D eigenvalue weighted by Gasteiger charge is -2.20. The van der Waals surface area contributed by atoms with Gasteiger partial charge in [0, 0.05) is 5.56 Å². The third kappa shape index (κ3) is 5.88. The van der Waals surface area contributed by atoms with Crippen molar-refractivity contribution in [2.75, 3.05) is 20.8 Å². The highest BCUT2D eigenvalue weighted by atomic mass is 16.5. The van der Waals surface area contributed by atoms with E-state index in [0.29, 0.717) is 11.3 Å². The van der Waals surface area contributed by atoms with E-state index in [0.717, 1.165) is 5.56 Å². The van der Waals surface area contributed by atoms with Crippen LogP contribution in [0.15, 0.2) is 35.4 Å². The first-order valence-corrected chi connectivity index (χ1v) is 9.16. The number of benzene rings is 2. The number of amides is 1. The standard InChI is InChI=1S/C22H28N2O5/c1-14-9-16(22(2,3)4)7-8-17(14)29-13-20(25)24-23-12-15-10-18(27-5)21(26)19(11-15)28-6/h7-12,26H,13H2,1-6H3,(H,24,25)/b23-12-. The number of aromatic hydroxyl groups is 1. The fourth-order valence-corrected chi connectivity index (χ4v) is 2.62. The smallest absolute Gasteiger partial charge is 0.277 e. The zero-order valence-electron chi connectivity index (χ0n) is 17.7. The van der Waals surface area contributed by atoms with Gasteiger partial charge in [0.25, 0.3) is 5.91 Å². The van der Waals surface area contributed by atoms with Gasteiger partial charge in [0.05, 0.1) is 20.4 Å². The number of hydrazone groups is 1. The number of ether oxygens (including phenoxy) is 3. The van der Waals surface area contributed by atoms with Crippen molar-refractivity contribution < 1.29 is 24.1 Å². The van der Waals surface area contributed by atoms with Crippen molar-refractivity contribution in [1.82, 2.24) is 5.43 Å². The number of phenolic OH excluding ortho intramolecular Hbond substituents is 1. The molecule has 0 spiro atoms. The lowest BCUT2D eigenvalue weighted by Crippen LogP contribution is -2.24. The Morgan fingerprint density at radius 2 is 1.72 bits per heavy atom. The first kappa shape index (κ1) is 22.1. The van der Waals surface area contributed by atoms with Crippen molar-refractivity contribution in [1.29, 1.82) is 0 Å². The molecule has 0 saturated heterocycles. The van der Waals surface area contributed by atoms with E-state index < -0.39 is 5.91 Å². The van der Waals surface area contributed by atoms with Crippen molar-refractivity contribution in [3.05, 3.63) is 47.0 Å². The van der Waals surface area contributed by atoms with Crippen molar-refractivity contribution in [2.45, 2.75) is 33.1 Å². The second-order valence-electron chi connectivity index (χ2n) is 7.59. The van der Waals surface area contributed by atoms with Crippen LogP contribution in [0.2, 0.25) is 0 Å². The predicted octanol–water partition coefficient (Wildman–Crippen LogP) is 3.54. The van der Waals surface area contributed by atoms with Gasteiger partial charge in [-0.15, -0.1) is 0 Å². The molecule has 0 aromatic heterocycles. The molecule has 2 aromatic rings. The maximum Gasteiger partial charge on any atom is 0.277 e. The van der Waals surface area contributed by atoms with E-state index in [1.165, 1.54) is 26.0 Å². The van der Waals surface area contributed by atoms with Crippen LogP contribution in [0.25, 0.3) is 0 Å². The summed E-state index contributed by atoms with van der Waals surface area (Å²) in [6.07, 6.45) is 1.42. The summed E-state index contributed by atoms with van der Waals surface area (Å²) in [7, 11) is 2.87. The Bertz CT molecular complexity index is 876. The van der Waals surface area contributed by atoms with Crippen molar-refractivity contribution in [3.63, 3.8) is 0 Å². The van der Waals surface area contributed by atoms with E-state index in [4.69, 9.17) is 14.2 Å². The van der Waals surface area contributed by atoms with Crippen LogP contribution < -0.4 is 19.6 Å². The number of hydrogen-bond acceptors (Lipinski definition) is 6. The summed E-state index contributed by atoms with van der Waals surface area (Å²) in [5, 5.41) is 13.8. The van der Waals surface area contributed by atoms with Gasteiger partial charge in [0.15, 0.2) is 18.1 Å². The van der Waals surface area contributed by atoms with Gasteiger partial charge >= 0.3 is 0 Å². The second-order valence-corrected chi connectivity index (χ2v) is 7.59. The number of hydrogen-bond donors (Lipinski definition) is 2. The Labute approximate surface area is 171 Å². The van der Waals surface area contributed by atoms with E-state index in [9.17, 15) is 9.90 Å². The van der Waals surface area contributed by atoms with E-state index in [1.807, 2.05) is 19.1 Å². The van der Waals surface area contributed by atoms with Crippen LogP contribution in [0.5, 0.6) is 23.0 Å². The SMILES string of the molecule is COc1cc(/C=N\NC(=O)COc2ccc(C(C)(C)C)cc2C)cc(OC)c1O. The number of nitrogens with one attached hydrogen (secondary N) is 1. The predicted molar refractivity (Wildman–Crippen MR) is 112 cm³/mol. The summed E-state index contributed by atoms with van der Waals surface area (Å²) < 4.78 is 15.8. The van der Waals surface area contributed by atoms with E-state index in [2.05, 4.69) is 37.4 Å². The molecule has 1 amide bonds. The molecule has 0 aliphatic heterocycles. The van der Waals surface area contributed by atoms with Gasteiger partial charge in [0.2, 0.25) is 5.75 Å². The largest absolute Gasteiger partial charge is 0.502 e. The first-order valence-electron chi connectivity index (χ1n) is 9.16. The Hall–Kier alpha value is -3.22. The van der Waals surface area contributed by atoms with Gasteiger partial charge in [-0.05, 0) is 41.7 Å². The molecular weight excluding hydrogens is 372 g/mol.